The van der Waals surface area contributed by atoms with Gasteiger partial charge in [-0.25, -0.2) is 13.2 Å². The summed E-state index contributed by atoms with van der Waals surface area (Å²) in [6.07, 6.45) is 1.29. The summed E-state index contributed by atoms with van der Waals surface area (Å²) < 4.78 is 32.6. The molecule has 2 aliphatic heterocycles. The van der Waals surface area contributed by atoms with Crippen LogP contribution in [0.3, 0.4) is 0 Å². The van der Waals surface area contributed by atoms with Crippen LogP contribution in [-0.4, -0.2) is 67.9 Å². The fourth-order valence-corrected chi connectivity index (χ4v) is 5.70. The molecule has 0 saturated carbocycles. The smallest absolute Gasteiger partial charge is 0.320 e. The third-order valence-corrected chi connectivity index (χ3v) is 7.78. The molecule has 0 spiro atoms. The van der Waals surface area contributed by atoms with Crippen LogP contribution in [0.5, 0.6) is 5.75 Å². The van der Waals surface area contributed by atoms with E-state index < -0.39 is 10.0 Å². The molecule has 2 heterocycles. The van der Waals surface area contributed by atoms with Gasteiger partial charge in [0.15, 0.2) is 0 Å². The van der Waals surface area contributed by atoms with E-state index in [9.17, 15) is 13.2 Å². The Hall–Kier alpha value is -2.58. The summed E-state index contributed by atoms with van der Waals surface area (Å²) in [5.41, 5.74) is 1.12. The summed E-state index contributed by atoms with van der Waals surface area (Å²) in [6, 6.07) is 16.7. The van der Waals surface area contributed by atoms with Crippen molar-refractivity contribution in [2.24, 2.45) is 0 Å². The number of urea groups is 1. The Labute approximate surface area is 177 Å². The number of hydrogen-bond acceptors (Lipinski definition) is 4. The van der Waals surface area contributed by atoms with Gasteiger partial charge in [0.1, 0.15) is 5.75 Å². The molecular formula is C22H27N3O4S. The number of nitrogens with zero attached hydrogens (tertiary/aromatic N) is 3. The highest BCUT2D eigenvalue weighted by atomic mass is 32.2. The number of hydrogen-bond donors (Lipinski definition) is 0. The predicted octanol–water partition coefficient (Wildman–Crippen LogP) is 2.79. The van der Waals surface area contributed by atoms with Gasteiger partial charge in [-0.05, 0) is 30.5 Å². The summed E-state index contributed by atoms with van der Waals surface area (Å²) in [7, 11) is -2.05. The van der Waals surface area contributed by atoms with Crippen molar-refractivity contribution in [3.8, 4) is 5.75 Å². The fourth-order valence-electron chi connectivity index (χ4n) is 4.20. The van der Waals surface area contributed by atoms with Crippen molar-refractivity contribution in [2.75, 3.05) is 33.3 Å². The number of rotatable bonds is 6. The second-order valence-corrected chi connectivity index (χ2v) is 9.64. The number of methoxy groups -OCH3 is 1. The molecule has 7 nitrogen and oxygen atoms in total. The quantitative estimate of drug-likeness (QED) is 0.708. The van der Waals surface area contributed by atoms with E-state index in [2.05, 4.69) is 0 Å². The van der Waals surface area contributed by atoms with E-state index in [4.69, 9.17) is 4.74 Å². The molecule has 8 heteroatoms. The molecule has 0 unspecified atom stereocenters. The molecule has 4 rings (SSSR count). The average molecular weight is 430 g/mol. The van der Waals surface area contributed by atoms with E-state index in [-0.39, 0.29) is 17.0 Å². The first kappa shape index (κ1) is 20.7. The number of benzene rings is 2. The van der Waals surface area contributed by atoms with Gasteiger partial charge in [0, 0.05) is 44.8 Å². The van der Waals surface area contributed by atoms with Crippen molar-refractivity contribution in [3.05, 3.63) is 60.2 Å². The maximum Gasteiger partial charge on any atom is 0.320 e. The second-order valence-electron chi connectivity index (χ2n) is 7.70. The first-order valence-electron chi connectivity index (χ1n) is 10.2. The number of amides is 2. The van der Waals surface area contributed by atoms with Gasteiger partial charge in [0.2, 0.25) is 10.0 Å². The zero-order valence-corrected chi connectivity index (χ0v) is 17.9. The van der Waals surface area contributed by atoms with Gasteiger partial charge in [0.25, 0.3) is 0 Å². The molecule has 0 aliphatic carbocycles. The highest BCUT2D eigenvalue weighted by Gasteiger charge is 2.37. The normalized spacial score (nSPS) is 18.8. The monoisotopic (exact) mass is 429 g/mol. The van der Waals surface area contributed by atoms with Crippen molar-refractivity contribution < 1.29 is 17.9 Å². The predicted molar refractivity (Wildman–Crippen MR) is 114 cm³/mol. The topological polar surface area (TPSA) is 70.2 Å². The first-order chi connectivity index (χ1) is 14.5. The van der Waals surface area contributed by atoms with Crippen molar-refractivity contribution in [1.29, 1.82) is 0 Å². The molecule has 0 radical (unpaired) electrons. The van der Waals surface area contributed by atoms with Gasteiger partial charge in [-0.3, -0.25) is 0 Å². The number of ether oxygens (including phenoxy) is 1. The summed E-state index contributed by atoms with van der Waals surface area (Å²) in [6.45, 7) is 2.83. The van der Waals surface area contributed by atoms with Crippen LogP contribution in [-0.2, 0) is 16.6 Å². The Morgan fingerprint density at radius 3 is 2.40 bits per heavy atom. The number of piperidine rings is 1. The Balaban J connectivity index is 1.37. The van der Waals surface area contributed by atoms with E-state index >= 15 is 0 Å². The highest BCUT2D eigenvalue weighted by molar-refractivity contribution is 7.89. The molecule has 2 saturated heterocycles. The summed E-state index contributed by atoms with van der Waals surface area (Å²) in [4.78, 5) is 16.9. The third kappa shape index (κ3) is 4.15. The van der Waals surface area contributed by atoms with E-state index in [0.717, 1.165) is 5.56 Å². The van der Waals surface area contributed by atoms with Crippen molar-refractivity contribution >= 4 is 16.1 Å². The van der Waals surface area contributed by atoms with Crippen LogP contribution in [0.25, 0.3) is 0 Å². The Bertz CT molecular complexity index is 988. The van der Waals surface area contributed by atoms with Crippen LogP contribution in [0.2, 0.25) is 0 Å². The van der Waals surface area contributed by atoms with Crippen LogP contribution >= 0.6 is 0 Å². The van der Waals surface area contributed by atoms with Crippen LogP contribution in [0, 0.1) is 0 Å². The molecule has 2 aromatic carbocycles. The van der Waals surface area contributed by atoms with E-state index in [1.54, 1.807) is 24.3 Å². The third-order valence-electron chi connectivity index (χ3n) is 5.89. The maximum absolute atomic E-state index is 13.0. The van der Waals surface area contributed by atoms with E-state index in [0.29, 0.717) is 51.3 Å². The summed E-state index contributed by atoms with van der Waals surface area (Å²) in [5, 5.41) is 0. The molecular weight excluding hydrogens is 402 g/mol. The van der Waals surface area contributed by atoms with Crippen LogP contribution in [0.4, 0.5) is 4.79 Å². The molecule has 2 aliphatic rings. The minimum Gasteiger partial charge on any atom is -0.497 e. The lowest BCUT2D eigenvalue weighted by molar-refractivity contribution is 0.153. The summed E-state index contributed by atoms with van der Waals surface area (Å²) >= 11 is 0. The lowest BCUT2D eigenvalue weighted by atomic mass is 10.1. The highest BCUT2D eigenvalue weighted by Crippen LogP contribution is 2.27. The standard InChI is InChI=1S/C22H27N3O4S/c1-29-20-8-5-9-21(16-20)30(27,28)24-12-10-19(11-13-24)25-15-14-23(22(25)26)17-18-6-3-2-4-7-18/h2-9,16,19H,10-15,17H2,1H3. The number of carbonyl (C=O) groups excluding carboxylic acids is 1. The van der Waals surface area contributed by atoms with Crippen molar-refractivity contribution in [1.82, 2.24) is 14.1 Å². The van der Waals surface area contributed by atoms with Crippen LogP contribution in [0.15, 0.2) is 59.5 Å². The molecule has 2 fully saturated rings. The molecule has 30 heavy (non-hydrogen) atoms. The zero-order valence-electron chi connectivity index (χ0n) is 17.1. The molecule has 0 bridgehead atoms. The lowest BCUT2D eigenvalue weighted by Gasteiger charge is -2.35. The molecule has 2 aromatic rings. The Kier molecular flexibility index (Phi) is 5.97. The fraction of sp³-hybridized carbons (Fsp3) is 0.409. The Morgan fingerprint density at radius 1 is 0.967 bits per heavy atom. The number of sulfonamides is 1. The molecule has 160 valence electrons. The first-order valence-corrected chi connectivity index (χ1v) is 11.7. The average Bonchev–Trinajstić information content (AvgIpc) is 3.14. The maximum atomic E-state index is 13.0. The van der Waals surface area contributed by atoms with Gasteiger partial charge in [0.05, 0.1) is 12.0 Å². The van der Waals surface area contributed by atoms with Crippen molar-refractivity contribution in [2.45, 2.75) is 30.3 Å². The lowest BCUT2D eigenvalue weighted by Crippen LogP contribution is -2.47. The summed E-state index contributed by atoms with van der Waals surface area (Å²) in [5.74, 6) is 0.520. The van der Waals surface area contributed by atoms with Gasteiger partial charge in [-0.15, -0.1) is 0 Å². The minimum absolute atomic E-state index is 0.0490. The number of carbonyl (C=O) groups is 1. The largest absolute Gasteiger partial charge is 0.497 e. The molecule has 0 aromatic heterocycles. The van der Waals surface area contributed by atoms with E-state index in [1.807, 2.05) is 40.1 Å². The van der Waals surface area contributed by atoms with Gasteiger partial charge < -0.3 is 14.5 Å². The Morgan fingerprint density at radius 2 is 1.70 bits per heavy atom. The molecule has 0 atom stereocenters. The van der Waals surface area contributed by atoms with Gasteiger partial charge >= 0.3 is 6.03 Å². The van der Waals surface area contributed by atoms with Crippen LogP contribution in [0.1, 0.15) is 18.4 Å². The molecule has 2 amide bonds. The zero-order chi connectivity index (χ0) is 21.1. The molecule has 0 N–H and O–H groups in total. The van der Waals surface area contributed by atoms with Gasteiger partial charge in [-0.2, -0.15) is 4.31 Å². The minimum atomic E-state index is -3.57. The van der Waals surface area contributed by atoms with Crippen molar-refractivity contribution in [3.63, 3.8) is 0 Å². The SMILES string of the molecule is COc1cccc(S(=O)(=O)N2CCC(N3CCN(Cc4ccccc4)C3=O)CC2)c1. The van der Waals surface area contributed by atoms with E-state index in [1.165, 1.54) is 11.4 Å². The second kappa shape index (κ2) is 8.65. The van der Waals surface area contributed by atoms with Gasteiger partial charge in [-0.1, -0.05) is 36.4 Å². The van der Waals surface area contributed by atoms with Crippen LogP contribution < -0.4 is 4.74 Å².